The number of nitrogens with one attached hydrogen (secondary N) is 1. The molecule has 1 aliphatic heterocycles. The number of nitrogens with zero attached hydrogens (tertiary/aromatic N) is 4. The molecule has 0 aliphatic carbocycles. The fraction of sp³-hybridized carbons (Fsp3) is 0.200. The number of carbonyl (C=O) groups excluding carboxylic acids is 1. The third-order valence-corrected chi connectivity index (χ3v) is 4.33. The minimum Gasteiger partial charge on any atom is -0.387 e. The van der Waals surface area contributed by atoms with Gasteiger partial charge in [-0.25, -0.2) is 9.67 Å². The van der Waals surface area contributed by atoms with Gasteiger partial charge in [-0.05, 0) is 37.6 Å². The quantitative estimate of drug-likeness (QED) is 0.773. The molecule has 0 radical (unpaired) electrons. The molecule has 3 aromatic rings. The number of pyridine rings is 1. The third kappa shape index (κ3) is 3.57. The van der Waals surface area contributed by atoms with Crippen LogP contribution in [-0.2, 0) is 9.63 Å². The van der Waals surface area contributed by atoms with Gasteiger partial charge < -0.3 is 10.2 Å². The van der Waals surface area contributed by atoms with Gasteiger partial charge in [-0.15, -0.1) is 0 Å². The van der Waals surface area contributed by atoms with Crippen LogP contribution in [-0.4, -0.2) is 26.4 Å². The van der Waals surface area contributed by atoms with E-state index in [-0.39, 0.29) is 12.0 Å². The maximum absolute atomic E-state index is 12.4. The molecule has 0 unspecified atom stereocenters. The van der Waals surface area contributed by atoms with Crippen LogP contribution in [0.3, 0.4) is 0 Å². The first-order chi connectivity index (χ1) is 13.1. The van der Waals surface area contributed by atoms with Gasteiger partial charge in [-0.3, -0.25) is 4.79 Å². The average Bonchev–Trinajstić information content (AvgIpc) is 3.30. The fourth-order valence-electron chi connectivity index (χ4n) is 3.01. The standard InChI is InChI=1S/C20H19N5O2/c1-13-10-14(2)25(23-13)19-9-8-16(12-21-19)22-20(26)17-11-18(27-24-17)15-6-4-3-5-7-15/h3-10,12,18H,11H2,1-2H3,(H,22,26)/t18-/m1/s1. The van der Waals surface area contributed by atoms with E-state index in [4.69, 9.17) is 4.84 Å². The third-order valence-electron chi connectivity index (χ3n) is 4.33. The predicted molar refractivity (Wildman–Crippen MR) is 102 cm³/mol. The molecule has 1 N–H and O–H groups in total. The van der Waals surface area contributed by atoms with Crippen LogP contribution in [0, 0.1) is 13.8 Å². The van der Waals surface area contributed by atoms with Crippen LogP contribution < -0.4 is 5.32 Å². The largest absolute Gasteiger partial charge is 0.387 e. The second-order valence-corrected chi connectivity index (χ2v) is 6.44. The number of aryl methyl sites for hydroxylation is 2. The van der Waals surface area contributed by atoms with E-state index in [2.05, 4.69) is 20.6 Å². The lowest BCUT2D eigenvalue weighted by Crippen LogP contribution is -2.22. The smallest absolute Gasteiger partial charge is 0.273 e. The Balaban J connectivity index is 1.41. The Morgan fingerprint density at radius 3 is 2.67 bits per heavy atom. The Kier molecular flexibility index (Phi) is 4.42. The monoisotopic (exact) mass is 361 g/mol. The summed E-state index contributed by atoms with van der Waals surface area (Å²) in [6, 6.07) is 15.3. The van der Waals surface area contributed by atoms with E-state index in [1.54, 1.807) is 16.9 Å². The number of anilines is 1. The maximum Gasteiger partial charge on any atom is 0.273 e. The van der Waals surface area contributed by atoms with Gasteiger partial charge in [0.2, 0.25) is 0 Å². The number of hydrogen-bond donors (Lipinski definition) is 1. The number of benzene rings is 1. The summed E-state index contributed by atoms with van der Waals surface area (Å²) in [6.07, 6.45) is 1.82. The minimum absolute atomic E-state index is 0.224. The SMILES string of the molecule is Cc1cc(C)n(-c2ccc(NC(=O)C3=NO[C@@H](c4ccccc4)C3)cn2)n1. The highest BCUT2D eigenvalue weighted by Crippen LogP contribution is 2.27. The molecule has 0 bridgehead atoms. The maximum atomic E-state index is 12.4. The van der Waals surface area contributed by atoms with E-state index in [0.29, 0.717) is 23.6 Å². The topological polar surface area (TPSA) is 81.4 Å². The predicted octanol–water partition coefficient (Wildman–Crippen LogP) is 3.34. The number of rotatable bonds is 4. The zero-order chi connectivity index (χ0) is 18.8. The van der Waals surface area contributed by atoms with Crippen molar-refractivity contribution < 1.29 is 9.63 Å². The first-order valence-corrected chi connectivity index (χ1v) is 8.69. The van der Waals surface area contributed by atoms with Gasteiger partial charge in [0.15, 0.2) is 11.9 Å². The Morgan fingerprint density at radius 1 is 1.19 bits per heavy atom. The number of amides is 1. The average molecular weight is 361 g/mol. The Morgan fingerprint density at radius 2 is 2.00 bits per heavy atom. The highest BCUT2D eigenvalue weighted by molar-refractivity contribution is 6.43. The van der Waals surface area contributed by atoms with Crippen molar-refractivity contribution in [1.29, 1.82) is 0 Å². The van der Waals surface area contributed by atoms with E-state index in [0.717, 1.165) is 17.0 Å². The highest BCUT2D eigenvalue weighted by Gasteiger charge is 2.27. The molecule has 27 heavy (non-hydrogen) atoms. The molecule has 136 valence electrons. The van der Waals surface area contributed by atoms with Gasteiger partial charge >= 0.3 is 0 Å². The van der Waals surface area contributed by atoms with E-state index >= 15 is 0 Å². The molecule has 0 saturated carbocycles. The fourth-order valence-corrected chi connectivity index (χ4v) is 3.01. The zero-order valence-electron chi connectivity index (χ0n) is 15.1. The molecule has 0 saturated heterocycles. The second kappa shape index (κ2) is 7.03. The number of oxime groups is 1. The van der Waals surface area contributed by atoms with Crippen LogP contribution in [0.1, 0.15) is 29.5 Å². The second-order valence-electron chi connectivity index (χ2n) is 6.44. The molecule has 1 amide bonds. The van der Waals surface area contributed by atoms with E-state index in [1.807, 2.05) is 56.3 Å². The molecule has 7 nitrogen and oxygen atoms in total. The molecular formula is C20H19N5O2. The Hall–Kier alpha value is -3.48. The Labute approximate surface area is 156 Å². The van der Waals surface area contributed by atoms with Crippen LogP contribution in [0.2, 0.25) is 0 Å². The van der Waals surface area contributed by atoms with Crippen molar-refractivity contribution in [2.75, 3.05) is 5.32 Å². The summed E-state index contributed by atoms with van der Waals surface area (Å²) in [5.74, 6) is 0.415. The summed E-state index contributed by atoms with van der Waals surface area (Å²) in [5, 5.41) is 11.2. The number of aromatic nitrogens is 3. The summed E-state index contributed by atoms with van der Waals surface area (Å²) < 4.78 is 1.76. The molecule has 1 aliphatic rings. The van der Waals surface area contributed by atoms with Crippen LogP contribution in [0.15, 0.2) is 59.9 Å². The molecular weight excluding hydrogens is 342 g/mol. The van der Waals surface area contributed by atoms with Gasteiger partial charge in [0.1, 0.15) is 5.71 Å². The summed E-state index contributed by atoms with van der Waals surface area (Å²) in [7, 11) is 0. The van der Waals surface area contributed by atoms with Gasteiger partial charge in [0, 0.05) is 12.1 Å². The van der Waals surface area contributed by atoms with Crippen LogP contribution >= 0.6 is 0 Å². The molecule has 7 heteroatoms. The van der Waals surface area contributed by atoms with Gasteiger partial charge in [-0.1, -0.05) is 35.5 Å². The van der Waals surface area contributed by atoms with Gasteiger partial charge in [0.05, 0.1) is 17.6 Å². The summed E-state index contributed by atoms with van der Waals surface area (Å²) in [6.45, 7) is 3.91. The lowest BCUT2D eigenvalue weighted by atomic mass is 10.0. The molecule has 3 heterocycles. The van der Waals surface area contributed by atoms with E-state index in [1.165, 1.54) is 0 Å². The van der Waals surface area contributed by atoms with E-state index in [9.17, 15) is 4.79 Å². The molecule has 1 aromatic carbocycles. The molecule has 0 spiro atoms. The minimum atomic E-state index is -0.283. The van der Waals surface area contributed by atoms with Gasteiger partial charge in [0.25, 0.3) is 5.91 Å². The summed E-state index contributed by atoms with van der Waals surface area (Å²) in [5.41, 5.74) is 3.89. The van der Waals surface area contributed by atoms with Crippen molar-refractivity contribution in [3.05, 3.63) is 71.7 Å². The number of hydrogen-bond acceptors (Lipinski definition) is 5. The van der Waals surface area contributed by atoms with Crippen LogP contribution in [0.25, 0.3) is 5.82 Å². The lowest BCUT2D eigenvalue weighted by Gasteiger charge is -2.08. The zero-order valence-corrected chi connectivity index (χ0v) is 15.1. The number of carbonyl (C=O) groups is 1. The Bertz CT molecular complexity index is 993. The van der Waals surface area contributed by atoms with Crippen molar-refractivity contribution in [3.8, 4) is 5.82 Å². The molecule has 4 rings (SSSR count). The summed E-state index contributed by atoms with van der Waals surface area (Å²) >= 11 is 0. The van der Waals surface area contributed by atoms with Crippen molar-refractivity contribution in [1.82, 2.24) is 14.8 Å². The normalized spacial score (nSPS) is 15.9. The van der Waals surface area contributed by atoms with Crippen molar-refractivity contribution in [2.45, 2.75) is 26.4 Å². The lowest BCUT2D eigenvalue weighted by molar-refractivity contribution is -0.110. The van der Waals surface area contributed by atoms with Crippen molar-refractivity contribution >= 4 is 17.3 Å². The first kappa shape index (κ1) is 17.0. The molecule has 0 fully saturated rings. The van der Waals surface area contributed by atoms with Crippen LogP contribution in [0.5, 0.6) is 0 Å². The van der Waals surface area contributed by atoms with Gasteiger partial charge in [-0.2, -0.15) is 5.10 Å². The summed E-state index contributed by atoms with van der Waals surface area (Å²) in [4.78, 5) is 22.2. The van der Waals surface area contributed by atoms with Crippen molar-refractivity contribution in [2.24, 2.45) is 5.16 Å². The van der Waals surface area contributed by atoms with Crippen molar-refractivity contribution in [3.63, 3.8) is 0 Å². The highest BCUT2D eigenvalue weighted by atomic mass is 16.6. The molecule has 2 aromatic heterocycles. The molecule has 1 atom stereocenters. The first-order valence-electron chi connectivity index (χ1n) is 8.69. The van der Waals surface area contributed by atoms with E-state index < -0.39 is 0 Å². The van der Waals surface area contributed by atoms with Crippen LogP contribution in [0.4, 0.5) is 5.69 Å².